The lowest BCUT2D eigenvalue weighted by Crippen LogP contribution is -2.41. The van der Waals surface area contributed by atoms with Gasteiger partial charge in [-0.3, -0.25) is 4.72 Å². The van der Waals surface area contributed by atoms with Crippen molar-refractivity contribution >= 4 is 38.1 Å². The summed E-state index contributed by atoms with van der Waals surface area (Å²) in [6.45, 7) is 8.70. The van der Waals surface area contributed by atoms with E-state index in [0.717, 1.165) is 28.3 Å². The lowest BCUT2D eigenvalue weighted by atomic mass is 9.90. The molecule has 0 unspecified atom stereocenters. The van der Waals surface area contributed by atoms with Crippen LogP contribution in [0.5, 0.6) is 0 Å². The van der Waals surface area contributed by atoms with E-state index in [2.05, 4.69) is 24.1 Å². The summed E-state index contributed by atoms with van der Waals surface area (Å²) in [4.78, 5) is 20.2. The van der Waals surface area contributed by atoms with Gasteiger partial charge < -0.3 is 13.9 Å². The number of anilines is 2. The molecule has 14 nitrogen and oxygen atoms in total. The molecule has 7 rings (SSSR count). The Morgan fingerprint density at radius 2 is 1.13 bits per heavy atom. The molecule has 0 saturated carbocycles. The van der Waals surface area contributed by atoms with Crippen molar-refractivity contribution < 1.29 is 30.8 Å². The van der Waals surface area contributed by atoms with Gasteiger partial charge in [0.1, 0.15) is 35.7 Å². The first kappa shape index (κ1) is 37.5. The number of aryl methyl sites for hydroxylation is 4. The second-order valence-corrected chi connectivity index (χ2v) is 16.1. The monoisotopic (exact) mass is 764 g/mol. The first-order valence-electron chi connectivity index (χ1n) is 17.0. The summed E-state index contributed by atoms with van der Waals surface area (Å²) in [5.41, 5.74) is 5.08. The van der Waals surface area contributed by atoms with Crippen LogP contribution in [-0.4, -0.2) is 76.9 Å². The van der Waals surface area contributed by atoms with Crippen LogP contribution in [0.3, 0.4) is 0 Å². The maximum Gasteiger partial charge on any atom is 0.425 e. The molecule has 5 aromatic rings. The number of carbonyl (C=O) groups is 1. The number of piperidine rings is 1. The van der Waals surface area contributed by atoms with E-state index in [-0.39, 0.29) is 30.7 Å². The van der Waals surface area contributed by atoms with Crippen molar-refractivity contribution in [2.45, 2.75) is 46.5 Å². The molecule has 280 valence electrons. The van der Waals surface area contributed by atoms with Gasteiger partial charge >= 0.3 is 26.5 Å². The smallest absolute Gasteiger partial charge is 0.425 e. The third-order valence-electron chi connectivity index (χ3n) is 9.09. The van der Waals surface area contributed by atoms with E-state index in [4.69, 9.17) is 0 Å². The van der Waals surface area contributed by atoms with Gasteiger partial charge in [-0.2, -0.15) is 25.4 Å². The number of rotatable bonds is 9. The Morgan fingerprint density at radius 3 is 1.58 bits per heavy atom. The second-order valence-electron chi connectivity index (χ2n) is 12.8. The molecule has 2 aliphatic rings. The molecular formula is C36H41FN8O6S2. The molecule has 1 aromatic carbocycles. The van der Waals surface area contributed by atoms with E-state index >= 15 is 0 Å². The van der Waals surface area contributed by atoms with Crippen molar-refractivity contribution in [1.29, 1.82) is 0 Å². The number of carbonyl (C=O) groups excluding carboxylic acids is 1. The van der Waals surface area contributed by atoms with Gasteiger partial charge in [0.05, 0.1) is 6.54 Å². The summed E-state index contributed by atoms with van der Waals surface area (Å²) in [7, 11) is -7.73. The van der Waals surface area contributed by atoms with E-state index in [1.54, 1.807) is 36.4 Å². The predicted molar refractivity (Wildman–Crippen MR) is 199 cm³/mol. The summed E-state index contributed by atoms with van der Waals surface area (Å²) in [6.07, 6.45) is 0.509. The van der Waals surface area contributed by atoms with Crippen LogP contribution < -0.4 is 9.44 Å². The van der Waals surface area contributed by atoms with Gasteiger partial charge in [-0.15, -0.1) is 0 Å². The second kappa shape index (κ2) is 15.4. The number of pyridine rings is 2. The zero-order chi connectivity index (χ0) is 37.9. The van der Waals surface area contributed by atoms with Crippen LogP contribution >= 0.6 is 0 Å². The third-order valence-corrected chi connectivity index (χ3v) is 12.0. The molecule has 0 atom stereocenters. The standard InChI is InChI=1S/C22H25FN4O2S.C14H16N4O4S/c1-16-6-7-17(2)27(16)22-5-3-4-21(24-22)25-30(28,29)26-14-12-19(13-15-26)18-8-10-20(23)11-9-18;1-10-6-7-11(2)18(10)13-5-3-4-12(15-13)16-23(20,21)17-8-9-22-14(17)19/h3-11,19H,12-15H2,1-2H3,(H,24,25);3-7H,8-9H2,1-2H3,(H,15,16). The van der Waals surface area contributed by atoms with E-state index in [9.17, 15) is 26.0 Å². The number of ether oxygens (including phenoxy) is 1. The molecule has 0 bridgehead atoms. The van der Waals surface area contributed by atoms with Crippen LogP contribution in [0.25, 0.3) is 11.6 Å². The maximum atomic E-state index is 13.1. The topological polar surface area (TPSA) is 161 Å². The molecule has 0 aliphatic carbocycles. The number of aromatic nitrogens is 4. The van der Waals surface area contributed by atoms with E-state index in [1.165, 1.54) is 22.5 Å². The fourth-order valence-electron chi connectivity index (χ4n) is 6.41. The van der Waals surface area contributed by atoms with Gasteiger partial charge in [0.15, 0.2) is 0 Å². The molecule has 2 fully saturated rings. The predicted octanol–water partition coefficient (Wildman–Crippen LogP) is 5.76. The molecule has 6 heterocycles. The van der Waals surface area contributed by atoms with E-state index in [0.29, 0.717) is 47.7 Å². The first-order chi connectivity index (χ1) is 25.2. The van der Waals surface area contributed by atoms with Gasteiger partial charge in [-0.05, 0) is 113 Å². The van der Waals surface area contributed by atoms with Crippen molar-refractivity contribution in [2.24, 2.45) is 0 Å². The van der Waals surface area contributed by atoms with Crippen molar-refractivity contribution in [3.05, 3.63) is 119 Å². The Labute approximate surface area is 308 Å². The quantitative estimate of drug-likeness (QED) is 0.192. The minimum absolute atomic E-state index is 0.0102. The first-order valence-corrected chi connectivity index (χ1v) is 19.9. The third kappa shape index (κ3) is 8.53. The number of nitrogens with zero attached hydrogens (tertiary/aromatic N) is 6. The maximum absolute atomic E-state index is 13.1. The van der Waals surface area contributed by atoms with Crippen molar-refractivity contribution in [3.8, 4) is 11.6 Å². The Hall–Kier alpha value is -5.26. The van der Waals surface area contributed by atoms with Gasteiger partial charge in [0.25, 0.3) is 0 Å². The van der Waals surface area contributed by atoms with E-state index in [1.807, 2.05) is 67.2 Å². The number of benzene rings is 1. The zero-order valence-corrected chi connectivity index (χ0v) is 31.4. The minimum atomic E-state index is -4.03. The summed E-state index contributed by atoms with van der Waals surface area (Å²) in [5, 5.41) is 0. The number of hydrogen-bond donors (Lipinski definition) is 2. The Balaban J connectivity index is 0.000000188. The highest BCUT2D eigenvalue weighted by atomic mass is 32.2. The molecular weight excluding hydrogens is 724 g/mol. The minimum Gasteiger partial charge on any atom is -0.447 e. The van der Waals surface area contributed by atoms with E-state index < -0.39 is 26.5 Å². The average Bonchev–Trinajstić information content (AvgIpc) is 3.82. The number of nitrogens with one attached hydrogen (secondary N) is 2. The van der Waals surface area contributed by atoms with Crippen LogP contribution in [0.4, 0.5) is 20.8 Å². The number of cyclic esters (lactones) is 1. The fourth-order valence-corrected chi connectivity index (χ4v) is 8.67. The molecule has 0 radical (unpaired) electrons. The SMILES string of the molecule is Cc1ccc(C)n1-c1cccc(NS(=O)(=O)N2CCC(c3ccc(F)cc3)CC2)n1.Cc1ccc(C)n1-c1cccc(NS(=O)(=O)N2CCOC2=O)n1. The molecule has 2 aliphatic heterocycles. The molecule has 2 saturated heterocycles. The highest BCUT2D eigenvalue weighted by molar-refractivity contribution is 7.91. The Kier molecular flexibility index (Phi) is 10.9. The van der Waals surface area contributed by atoms with Gasteiger partial charge in [-0.25, -0.2) is 23.9 Å². The largest absolute Gasteiger partial charge is 0.447 e. The van der Waals surface area contributed by atoms with Crippen LogP contribution in [0.2, 0.25) is 0 Å². The van der Waals surface area contributed by atoms with Crippen molar-refractivity contribution in [2.75, 3.05) is 35.7 Å². The molecule has 2 N–H and O–H groups in total. The Morgan fingerprint density at radius 1 is 0.660 bits per heavy atom. The average molecular weight is 765 g/mol. The van der Waals surface area contributed by atoms with Crippen LogP contribution in [-0.2, 0) is 25.2 Å². The molecule has 53 heavy (non-hydrogen) atoms. The number of halogens is 1. The lowest BCUT2D eigenvalue weighted by Gasteiger charge is -2.31. The van der Waals surface area contributed by atoms with Crippen LogP contribution in [0.1, 0.15) is 47.1 Å². The zero-order valence-electron chi connectivity index (χ0n) is 29.7. The highest BCUT2D eigenvalue weighted by Crippen LogP contribution is 2.30. The number of hydrogen-bond acceptors (Lipinski definition) is 8. The normalized spacial score (nSPS) is 15.5. The molecule has 17 heteroatoms. The van der Waals surface area contributed by atoms with Crippen LogP contribution in [0, 0.1) is 33.5 Å². The van der Waals surface area contributed by atoms with Crippen molar-refractivity contribution in [3.63, 3.8) is 0 Å². The summed E-state index contributed by atoms with van der Waals surface area (Å²) < 4.78 is 78.9. The van der Waals surface area contributed by atoms with Crippen molar-refractivity contribution in [1.82, 2.24) is 27.7 Å². The van der Waals surface area contributed by atoms with Gasteiger partial charge in [0.2, 0.25) is 0 Å². The van der Waals surface area contributed by atoms with Gasteiger partial charge in [-0.1, -0.05) is 24.3 Å². The van der Waals surface area contributed by atoms with Gasteiger partial charge in [0, 0.05) is 35.9 Å². The summed E-state index contributed by atoms with van der Waals surface area (Å²) >= 11 is 0. The van der Waals surface area contributed by atoms with Crippen LogP contribution in [0.15, 0.2) is 84.9 Å². The lowest BCUT2D eigenvalue weighted by molar-refractivity contribution is 0.170. The molecule has 1 amide bonds. The summed E-state index contributed by atoms with van der Waals surface area (Å²) in [5.74, 6) is 1.66. The highest BCUT2D eigenvalue weighted by Gasteiger charge is 2.34. The fraction of sp³-hybridized carbons (Fsp3) is 0.306. The summed E-state index contributed by atoms with van der Waals surface area (Å²) in [6, 6.07) is 24.7. The molecule has 0 spiro atoms. The molecule has 4 aromatic heterocycles. The number of amides is 1. The Bertz CT molecular complexity index is 2280.